The molecular formula is C30H33ClN6O5. The molecule has 0 fully saturated rings. The molecule has 0 spiro atoms. The number of amides is 1. The van der Waals surface area contributed by atoms with Gasteiger partial charge >= 0.3 is 0 Å². The maximum atomic E-state index is 13.3. The highest BCUT2D eigenvalue weighted by Crippen LogP contribution is 2.36. The number of carbonyl (C=O) groups is 3. The molecule has 1 amide bonds. The molecule has 1 aliphatic rings. The number of ketones is 2. The van der Waals surface area contributed by atoms with E-state index in [4.69, 9.17) is 23.1 Å². The van der Waals surface area contributed by atoms with E-state index in [0.29, 0.717) is 47.5 Å². The van der Waals surface area contributed by atoms with Gasteiger partial charge in [-0.15, -0.1) is 11.6 Å². The van der Waals surface area contributed by atoms with Crippen LogP contribution < -0.4 is 27.0 Å². The molecule has 1 atom stereocenters. The molecule has 0 bridgehead atoms. The maximum Gasteiger partial charge on any atom is 0.234 e. The number of nitrogens with zero attached hydrogens (tertiary/aromatic N) is 2. The number of anilines is 3. The highest BCUT2D eigenvalue weighted by molar-refractivity contribution is 6.30. The van der Waals surface area contributed by atoms with E-state index in [0.717, 1.165) is 11.1 Å². The van der Waals surface area contributed by atoms with Gasteiger partial charge in [0.2, 0.25) is 12.5 Å². The number of carbonyl (C=O) groups excluding carboxylic acids is 3. The average Bonchev–Trinajstić information content (AvgIpc) is 2.99. The lowest BCUT2D eigenvalue weighted by molar-refractivity contribution is -0.477. The minimum atomic E-state index is -0.401. The summed E-state index contributed by atoms with van der Waals surface area (Å²) in [6.45, 7) is 0.374. The number of rotatable bonds is 13. The number of nitro groups is 1. The summed E-state index contributed by atoms with van der Waals surface area (Å²) in [5, 5.41) is 17.0. The van der Waals surface area contributed by atoms with Crippen LogP contribution in [0.25, 0.3) is 0 Å². The predicted octanol–water partition coefficient (Wildman–Crippen LogP) is 2.96. The van der Waals surface area contributed by atoms with Gasteiger partial charge in [0.05, 0.1) is 23.5 Å². The molecule has 0 saturated heterocycles. The lowest BCUT2D eigenvalue weighted by Crippen LogP contribution is -2.38. The molecule has 6 N–H and O–H groups in total. The second-order valence-corrected chi connectivity index (χ2v) is 10.3. The standard InChI is InChI=1S/C30H33ClN6O5/c1-34-24(21-8-9-22-27(28(21)33)30(40)20-5-3-2-4-19(20)29(22)39)11-7-18-6-10-23(32)25(16-18)36(14-15-37(41)42)13-12-35-26(38)17-31/h2-6,8-10,16,24,34H,7,11-15,17,32-33H2,1H3,(H,35,38). The van der Waals surface area contributed by atoms with Crippen LogP contribution in [-0.2, 0) is 11.2 Å². The van der Waals surface area contributed by atoms with E-state index in [2.05, 4.69) is 10.6 Å². The molecule has 1 aliphatic carbocycles. The number of alkyl halides is 1. The van der Waals surface area contributed by atoms with Crippen molar-refractivity contribution < 1.29 is 19.3 Å². The molecule has 3 aromatic carbocycles. The second-order valence-electron chi connectivity index (χ2n) is 9.99. The van der Waals surface area contributed by atoms with Crippen molar-refractivity contribution in [2.75, 3.05) is 55.5 Å². The summed E-state index contributed by atoms with van der Waals surface area (Å²) in [5.74, 6) is -0.999. The van der Waals surface area contributed by atoms with Gasteiger partial charge in [-0.2, -0.15) is 0 Å². The fraction of sp³-hybridized carbons (Fsp3) is 0.300. The van der Waals surface area contributed by atoms with Crippen LogP contribution in [0, 0.1) is 10.1 Å². The fourth-order valence-electron chi connectivity index (χ4n) is 5.25. The Kier molecular flexibility index (Phi) is 9.76. The smallest absolute Gasteiger partial charge is 0.234 e. The lowest BCUT2D eigenvalue weighted by atomic mass is 9.81. The van der Waals surface area contributed by atoms with E-state index < -0.39 is 4.92 Å². The molecule has 42 heavy (non-hydrogen) atoms. The zero-order valence-electron chi connectivity index (χ0n) is 23.2. The van der Waals surface area contributed by atoms with Gasteiger partial charge < -0.3 is 27.0 Å². The first-order valence-electron chi connectivity index (χ1n) is 13.5. The van der Waals surface area contributed by atoms with Gasteiger partial charge in [-0.25, -0.2) is 0 Å². The van der Waals surface area contributed by atoms with E-state index in [1.807, 2.05) is 12.1 Å². The number of fused-ring (bicyclic) bond motifs is 2. The summed E-state index contributed by atoms with van der Waals surface area (Å²) in [6, 6.07) is 15.5. The van der Waals surface area contributed by atoms with Gasteiger partial charge in [-0.1, -0.05) is 36.4 Å². The van der Waals surface area contributed by atoms with Crippen molar-refractivity contribution in [2.45, 2.75) is 18.9 Å². The largest absolute Gasteiger partial charge is 0.398 e. The summed E-state index contributed by atoms with van der Waals surface area (Å²) >= 11 is 5.55. The molecule has 0 aliphatic heterocycles. The van der Waals surface area contributed by atoms with E-state index >= 15 is 0 Å². The Hall–Kier alpha value is -4.48. The number of nitrogens with one attached hydrogen (secondary N) is 2. The monoisotopic (exact) mass is 592 g/mol. The zero-order chi connectivity index (χ0) is 30.4. The van der Waals surface area contributed by atoms with Crippen LogP contribution in [0.15, 0.2) is 54.6 Å². The quantitative estimate of drug-likeness (QED) is 0.0787. The molecule has 11 nitrogen and oxygen atoms in total. The third-order valence-electron chi connectivity index (χ3n) is 7.43. The van der Waals surface area contributed by atoms with Gasteiger partial charge in [0.15, 0.2) is 11.6 Å². The molecule has 4 rings (SSSR count). The second kappa shape index (κ2) is 13.5. The van der Waals surface area contributed by atoms with Gasteiger partial charge in [0.25, 0.3) is 0 Å². The van der Waals surface area contributed by atoms with Crippen molar-refractivity contribution >= 4 is 46.1 Å². The SMILES string of the molecule is CNC(CCc1ccc(N)c(N(CCNC(=O)CCl)CC[N+](=O)[O-])c1)c1ccc2c(c1N)C(=O)c1ccccc1C2=O. The summed E-state index contributed by atoms with van der Waals surface area (Å²) in [5.41, 5.74) is 17.1. The van der Waals surface area contributed by atoms with Crippen molar-refractivity contribution in [3.63, 3.8) is 0 Å². The minimum Gasteiger partial charge on any atom is -0.398 e. The number of nitrogens with two attached hydrogens (primary N) is 2. The summed E-state index contributed by atoms with van der Waals surface area (Å²) in [6.07, 6.45) is 1.19. The predicted molar refractivity (Wildman–Crippen MR) is 163 cm³/mol. The highest BCUT2D eigenvalue weighted by atomic mass is 35.5. The summed E-state index contributed by atoms with van der Waals surface area (Å²) < 4.78 is 0. The minimum absolute atomic E-state index is 0.109. The van der Waals surface area contributed by atoms with E-state index in [9.17, 15) is 24.5 Å². The number of benzene rings is 3. The van der Waals surface area contributed by atoms with Crippen LogP contribution >= 0.6 is 11.6 Å². The van der Waals surface area contributed by atoms with Crippen LogP contribution in [0.2, 0.25) is 0 Å². The van der Waals surface area contributed by atoms with Crippen LogP contribution in [-0.4, -0.2) is 61.5 Å². The van der Waals surface area contributed by atoms with Crippen molar-refractivity contribution in [3.8, 4) is 0 Å². The van der Waals surface area contributed by atoms with E-state index in [-0.39, 0.29) is 60.3 Å². The third kappa shape index (κ3) is 6.53. The first-order chi connectivity index (χ1) is 20.2. The average molecular weight is 593 g/mol. The molecule has 3 aromatic rings. The van der Waals surface area contributed by atoms with Crippen molar-refractivity contribution in [2.24, 2.45) is 0 Å². The van der Waals surface area contributed by atoms with E-state index in [1.54, 1.807) is 54.4 Å². The molecule has 1 unspecified atom stereocenters. The topological polar surface area (TPSA) is 174 Å². The molecule has 0 saturated carbocycles. The number of hydrogen-bond acceptors (Lipinski definition) is 9. The normalized spacial score (nSPS) is 12.8. The zero-order valence-corrected chi connectivity index (χ0v) is 23.9. The Morgan fingerprint density at radius 1 is 1.02 bits per heavy atom. The van der Waals surface area contributed by atoms with Crippen LogP contribution in [0.5, 0.6) is 0 Å². The first kappa shape index (κ1) is 30.5. The number of hydrogen-bond donors (Lipinski definition) is 4. The molecule has 0 radical (unpaired) electrons. The highest BCUT2D eigenvalue weighted by Gasteiger charge is 2.32. The Morgan fingerprint density at radius 2 is 1.74 bits per heavy atom. The number of aryl methyl sites for hydroxylation is 1. The Morgan fingerprint density at radius 3 is 2.40 bits per heavy atom. The van der Waals surface area contributed by atoms with E-state index in [1.165, 1.54) is 0 Å². The molecule has 220 valence electrons. The Balaban J connectivity index is 1.55. The van der Waals surface area contributed by atoms with Crippen molar-refractivity contribution in [3.05, 3.63) is 98.1 Å². The maximum absolute atomic E-state index is 13.3. The van der Waals surface area contributed by atoms with Gasteiger partial charge in [0.1, 0.15) is 5.88 Å². The van der Waals surface area contributed by atoms with Gasteiger partial charge in [-0.05, 0) is 49.2 Å². The fourth-order valence-corrected chi connectivity index (χ4v) is 5.34. The molecule has 0 heterocycles. The molecular weight excluding hydrogens is 560 g/mol. The Bertz CT molecular complexity index is 1530. The molecule has 0 aromatic heterocycles. The lowest BCUT2D eigenvalue weighted by Gasteiger charge is -2.26. The van der Waals surface area contributed by atoms with Gasteiger partial charge in [0, 0.05) is 46.4 Å². The van der Waals surface area contributed by atoms with Crippen LogP contribution in [0.4, 0.5) is 17.1 Å². The number of nitrogen functional groups attached to an aromatic ring is 2. The number of halogens is 1. The third-order valence-corrected chi connectivity index (χ3v) is 7.67. The summed E-state index contributed by atoms with van der Waals surface area (Å²) in [7, 11) is 1.80. The van der Waals surface area contributed by atoms with Gasteiger partial charge in [-0.3, -0.25) is 24.5 Å². The first-order valence-corrected chi connectivity index (χ1v) is 14.1. The summed E-state index contributed by atoms with van der Waals surface area (Å²) in [4.78, 5) is 50.4. The van der Waals surface area contributed by atoms with Crippen LogP contribution in [0.1, 0.15) is 55.4 Å². The van der Waals surface area contributed by atoms with Crippen molar-refractivity contribution in [1.82, 2.24) is 10.6 Å². The van der Waals surface area contributed by atoms with Crippen molar-refractivity contribution in [1.29, 1.82) is 0 Å². The molecule has 12 heteroatoms. The Labute approximate surface area is 248 Å². The van der Waals surface area contributed by atoms with Crippen LogP contribution in [0.3, 0.4) is 0 Å².